The van der Waals surface area contributed by atoms with Gasteiger partial charge in [0.1, 0.15) is 11.6 Å². The van der Waals surface area contributed by atoms with E-state index >= 15 is 0 Å². The molecule has 1 aromatic heterocycles. The summed E-state index contributed by atoms with van der Waals surface area (Å²) in [5, 5.41) is 0. The second-order valence-corrected chi connectivity index (χ2v) is 7.93. The van der Waals surface area contributed by atoms with Gasteiger partial charge in [0.25, 0.3) is 0 Å². The molecule has 2 heterocycles. The molecule has 0 spiro atoms. The zero-order valence-electron chi connectivity index (χ0n) is 17.8. The molecule has 1 aliphatic heterocycles. The molecule has 1 fully saturated rings. The number of piperazine rings is 1. The van der Waals surface area contributed by atoms with Crippen LogP contribution in [0.3, 0.4) is 0 Å². The van der Waals surface area contributed by atoms with Gasteiger partial charge in [-0.2, -0.15) is 0 Å². The first-order chi connectivity index (χ1) is 13.4. The predicted octanol–water partition coefficient (Wildman–Crippen LogP) is 3.87. The highest BCUT2D eigenvalue weighted by molar-refractivity contribution is 5.73. The molecule has 2 aromatic rings. The normalized spacial score (nSPS) is 15.6. The number of aryl methyl sites for hydroxylation is 2. The Morgan fingerprint density at radius 2 is 1.71 bits per heavy atom. The molecule has 0 aliphatic carbocycles. The molecular weight excluding hydrogens is 348 g/mol. The van der Waals surface area contributed by atoms with Gasteiger partial charge in [-0.3, -0.25) is 4.79 Å². The number of anilines is 1. The molecule has 1 aromatic carbocycles. The van der Waals surface area contributed by atoms with Gasteiger partial charge in [0.2, 0.25) is 5.91 Å². The lowest BCUT2D eigenvalue weighted by molar-refractivity contribution is -0.129. The number of hydrogen-bond acceptors (Lipinski definition) is 4. The van der Waals surface area contributed by atoms with Crippen LogP contribution in [0.2, 0.25) is 0 Å². The van der Waals surface area contributed by atoms with Crippen molar-refractivity contribution < 1.29 is 4.79 Å². The Labute approximate surface area is 168 Å². The third-order valence-electron chi connectivity index (χ3n) is 5.79. The Bertz CT molecular complexity index is 823. The molecule has 150 valence electrons. The lowest BCUT2D eigenvalue weighted by atomic mass is 10.0. The van der Waals surface area contributed by atoms with E-state index in [2.05, 4.69) is 56.9 Å². The van der Waals surface area contributed by atoms with Crippen LogP contribution >= 0.6 is 0 Å². The number of nitrogens with zero attached hydrogens (tertiary/aromatic N) is 4. The standard InChI is InChI=1S/C23H32N4O/c1-6-17(3)22-24-18(4)21(15-20-9-7-16(2)8-10-20)23(25-22)27-13-11-26(12-14-27)19(5)28/h7-10,17H,6,11-15H2,1-5H3/t17-/m1/s1. The van der Waals surface area contributed by atoms with Gasteiger partial charge in [0.15, 0.2) is 0 Å². The minimum atomic E-state index is 0.152. The van der Waals surface area contributed by atoms with Crippen molar-refractivity contribution in [3.8, 4) is 0 Å². The fraction of sp³-hybridized carbons (Fsp3) is 0.522. The summed E-state index contributed by atoms with van der Waals surface area (Å²) in [7, 11) is 0. The molecule has 1 aliphatic rings. The molecule has 0 bridgehead atoms. The molecule has 0 N–H and O–H groups in total. The summed E-state index contributed by atoms with van der Waals surface area (Å²) in [4.78, 5) is 25.8. The molecule has 0 radical (unpaired) electrons. The highest BCUT2D eigenvalue weighted by Crippen LogP contribution is 2.28. The first-order valence-corrected chi connectivity index (χ1v) is 10.3. The number of hydrogen-bond donors (Lipinski definition) is 0. The zero-order chi connectivity index (χ0) is 20.3. The highest BCUT2D eigenvalue weighted by Gasteiger charge is 2.24. The minimum Gasteiger partial charge on any atom is -0.353 e. The molecule has 5 heteroatoms. The summed E-state index contributed by atoms with van der Waals surface area (Å²) in [5.41, 5.74) is 4.81. The number of carbonyl (C=O) groups is 1. The fourth-order valence-electron chi connectivity index (χ4n) is 3.62. The number of carbonyl (C=O) groups excluding carboxylic acids is 1. The largest absolute Gasteiger partial charge is 0.353 e. The third-order valence-corrected chi connectivity index (χ3v) is 5.79. The predicted molar refractivity (Wildman–Crippen MR) is 114 cm³/mol. The summed E-state index contributed by atoms with van der Waals surface area (Å²) in [6.07, 6.45) is 1.85. The van der Waals surface area contributed by atoms with Crippen LogP contribution in [0.4, 0.5) is 5.82 Å². The average Bonchev–Trinajstić information content (AvgIpc) is 2.70. The number of amides is 1. The van der Waals surface area contributed by atoms with E-state index in [1.165, 1.54) is 16.7 Å². The summed E-state index contributed by atoms with van der Waals surface area (Å²) in [6.45, 7) is 13.4. The van der Waals surface area contributed by atoms with Crippen molar-refractivity contribution in [2.45, 2.75) is 53.4 Å². The van der Waals surface area contributed by atoms with Crippen molar-refractivity contribution in [3.63, 3.8) is 0 Å². The van der Waals surface area contributed by atoms with Crippen LogP contribution in [0, 0.1) is 13.8 Å². The Morgan fingerprint density at radius 3 is 2.29 bits per heavy atom. The maximum atomic E-state index is 11.7. The topological polar surface area (TPSA) is 49.3 Å². The van der Waals surface area contributed by atoms with Crippen LogP contribution < -0.4 is 4.90 Å². The molecule has 1 amide bonds. The summed E-state index contributed by atoms with van der Waals surface area (Å²) in [6, 6.07) is 8.69. The number of rotatable bonds is 5. The van der Waals surface area contributed by atoms with Gasteiger partial charge in [0.05, 0.1) is 0 Å². The Kier molecular flexibility index (Phi) is 6.32. The quantitative estimate of drug-likeness (QED) is 0.790. The Balaban J connectivity index is 1.95. The smallest absolute Gasteiger partial charge is 0.219 e. The Hall–Kier alpha value is -2.43. The van der Waals surface area contributed by atoms with Gasteiger partial charge in [-0.25, -0.2) is 9.97 Å². The summed E-state index contributed by atoms with van der Waals surface area (Å²) >= 11 is 0. The second kappa shape index (κ2) is 8.72. The lowest BCUT2D eigenvalue weighted by Crippen LogP contribution is -2.48. The second-order valence-electron chi connectivity index (χ2n) is 7.93. The summed E-state index contributed by atoms with van der Waals surface area (Å²) < 4.78 is 0. The van der Waals surface area contributed by atoms with E-state index in [0.29, 0.717) is 5.92 Å². The van der Waals surface area contributed by atoms with Crippen LogP contribution in [0.25, 0.3) is 0 Å². The molecule has 1 saturated heterocycles. The van der Waals surface area contributed by atoms with Gasteiger partial charge in [-0.15, -0.1) is 0 Å². The van der Waals surface area contributed by atoms with Gasteiger partial charge in [-0.05, 0) is 25.8 Å². The van der Waals surface area contributed by atoms with Gasteiger partial charge >= 0.3 is 0 Å². The van der Waals surface area contributed by atoms with E-state index in [1.54, 1.807) is 6.92 Å². The maximum Gasteiger partial charge on any atom is 0.219 e. The molecule has 0 unspecified atom stereocenters. The summed E-state index contributed by atoms with van der Waals surface area (Å²) in [5.74, 6) is 2.46. The lowest BCUT2D eigenvalue weighted by Gasteiger charge is -2.36. The molecule has 3 rings (SSSR count). The first kappa shape index (κ1) is 20.3. The van der Waals surface area contributed by atoms with E-state index in [-0.39, 0.29) is 5.91 Å². The highest BCUT2D eigenvalue weighted by atomic mass is 16.2. The van der Waals surface area contributed by atoms with E-state index in [1.807, 2.05) is 4.90 Å². The molecule has 0 saturated carbocycles. The van der Waals surface area contributed by atoms with E-state index in [0.717, 1.165) is 56.4 Å². The third kappa shape index (κ3) is 4.51. The van der Waals surface area contributed by atoms with Crippen LogP contribution in [-0.2, 0) is 11.2 Å². The van der Waals surface area contributed by atoms with Crippen LogP contribution in [-0.4, -0.2) is 47.0 Å². The number of aromatic nitrogens is 2. The monoisotopic (exact) mass is 380 g/mol. The van der Waals surface area contributed by atoms with Crippen molar-refractivity contribution >= 4 is 11.7 Å². The Morgan fingerprint density at radius 1 is 1.07 bits per heavy atom. The van der Waals surface area contributed by atoms with Crippen molar-refractivity contribution in [1.82, 2.24) is 14.9 Å². The van der Waals surface area contributed by atoms with Crippen molar-refractivity contribution in [2.24, 2.45) is 0 Å². The SMILES string of the molecule is CC[C@@H](C)c1nc(C)c(Cc2ccc(C)cc2)c(N2CCN(C(C)=O)CC2)n1. The minimum absolute atomic E-state index is 0.152. The molecular formula is C23H32N4O. The molecule has 28 heavy (non-hydrogen) atoms. The average molecular weight is 381 g/mol. The van der Waals surface area contributed by atoms with Crippen molar-refractivity contribution in [1.29, 1.82) is 0 Å². The molecule has 5 nitrogen and oxygen atoms in total. The van der Waals surface area contributed by atoms with Gasteiger partial charge < -0.3 is 9.80 Å². The van der Waals surface area contributed by atoms with Gasteiger partial charge in [0, 0.05) is 56.7 Å². The van der Waals surface area contributed by atoms with E-state index < -0.39 is 0 Å². The van der Waals surface area contributed by atoms with Crippen molar-refractivity contribution in [3.05, 3.63) is 52.5 Å². The van der Waals surface area contributed by atoms with Crippen LogP contribution in [0.15, 0.2) is 24.3 Å². The molecule has 1 atom stereocenters. The first-order valence-electron chi connectivity index (χ1n) is 10.3. The van der Waals surface area contributed by atoms with Gasteiger partial charge in [-0.1, -0.05) is 43.7 Å². The van der Waals surface area contributed by atoms with Crippen LogP contribution in [0.5, 0.6) is 0 Å². The fourth-order valence-corrected chi connectivity index (χ4v) is 3.62. The van der Waals surface area contributed by atoms with Crippen LogP contribution in [0.1, 0.15) is 61.3 Å². The van der Waals surface area contributed by atoms with E-state index in [9.17, 15) is 4.79 Å². The van der Waals surface area contributed by atoms with E-state index in [4.69, 9.17) is 9.97 Å². The number of benzene rings is 1. The zero-order valence-corrected chi connectivity index (χ0v) is 17.8. The maximum absolute atomic E-state index is 11.7. The van der Waals surface area contributed by atoms with Crippen molar-refractivity contribution in [2.75, 3.05) is 31.1 Å².